The molecule has 0 N–H and O–H groups in total. The smallest absolute Gasteiger partial charge is 0.198 e. The maximum Gasteiger partial charge on any atom is 0.198 e. The molecule has 4 nitrogen and oxygen atoms in total. The van der Waals surface area contributed by atoms with Gasteiger partial charge in [-0.2, -0.15) is 0 Å². The summed E-state index contributed by atoms with van der Waals surface area (Å²) in [5, 5.41) is 0.236. The number of benzene rings is 1. The fourth-order valence-corrected chi connectivity index (χ4v) is 4.28. The predicted molar refractivity (Wildman–Crippen MR) is 90.6 cm³/mol. The molecule has 0 saturated heterocycles. The minimum Gasteiger partial charge on any atom is -0.291 e. The van der Waals surface area contributed by atoms with Gasteiger partial charge in [0.1, 0.15) is 16.7 Å². The van der Waals surface area contributed by atoms with E-state index in [1.807, 2.05) is 6.92 Å². The Bertz CT molecular complexity index is 1030. The quantitative estimate of drug-likeness (QED) is 0.683. The summed E-state index contributed by atoms with van der Waals surface area (Å²) >= 11 is 6.17. The second-order valence-corrected chi connectivity index (χ2v) is 7.91. The Balaban J connectivity index is 2.03. The van der Waals surface area contributed by atoms with E-state index in [1.165, 1.54) is 22.9 Å². The van der Waals surface area contributed by atoms with Gasteiger partial charge >= 0.3 is 0 Å². The molecule has 0 aliphatic rings. The van der Waals surface area contributed by atoms with Gasteiger partial charge < -0.3 is 0 Å². The van der Waals surface area contributed by atoms with Crippen LogP contribution >= 0.6 is 11.6 Å². The molecule has 0 atom stereocenters. The lowest BCUT2D eigenvalue weighted by Gasteiger charge is -2.11. The lowest BCUT2D eigenvalue weighted by Crippen LogP contribution is -2.12. The summed E-state index contributed by atoms with van der Waals surface area (Å²) in [6, 6.07) is 7.27. The van der Waals surface area contributed by atoms with Crippen LogP contribution in [0.2, 0.25) is 5.02 Å². The van der Waals surface area contributed by atoms with Crippen molar-refractivity contribution < 1.29 is 17.2 Å². The van der Waals surface area contributed by atoms with E-state index in [0.717, 1.165) is 17.7 Å². The Morgan fingerprint density at radius 1 is 1.16 bits per heavy atom. The highest BCUT2D eigenvalue weighted by Gasteiger charge is 2.22. The van der Waals surface area contributed by atoms with Crippen molar-refractivity contribution in [1.29, 1.82) is 0 Å². The molecule has 2 heterocycles. The molecule has 0 radical (unpaired) electrons. The first-order valence-corrected chi connectivity index (χ1v) is 9.27. The Labute approximate surface area is 148 Å². The number of aryl methyl sites for hydroxylation is 1. The average molecular weight is 383 g/mol. The molecule has 0 aliphatic carbocycles. The molecule has 1 aromatic carbocycles. The highest BCUT2D eigenvalue weighted by Crippen LogP contribution is 2.25. The normalized spacial score (nSPS) is 11.7. The van der Waals surface area contributed by atoms with Crippen molar-refractivity contribution in [1.82, 2.24) is 9.55 Å². The number of hydrogen-bond acceptors (Lipinski definition) is 3. The van der Waals surface area contributed by atoms with Crippen LogP contribution in [0.15, 0.2) is 53.8 Å². The van der Waals surface area contributed by atoms with E-state index in [9.17, 15) is 17.2 Å². The van der Waals surface area contributed by atoms with Gasteiger partial charge in [-0.3, -0.25) is 4.57 Å². The number of rotatable bonds is 4. The van der Waals surface area contributed by atoms with Gasteiger partial charge in [0.2, 0.25) is 0 Å². The summed E-state index contributed by atoms with van der Waals surface area (Å²) < 4.78 is 53.4. The van der Waals surface area contributed by atoms with Crippen molar-refractivity contribution in [2.75, 3.05) is 0 Å². The highest BCUT2D eigenvalue weighted by molar-refractivity contribution is 7.90. The van der Waals surface area contributed by atoms with Crippen molar-refractivity contribution >= 4 is 21.4 Å². The summed E-state index contributed by atoms with van der Waals surface area (Å²) in [4.78, 5) is 4.18. The summed E-state index contributed by atoms with van der Waals surface area (Å²) in [7, 11) is -3.88. The predicted octanol–water partition coefficient (Wildman–Crippen LogP) is 4.09. The zero-order chi connectivity index (χ0) is 18.2. The number of aromatic nitrogens is 2. The molecule has 25 heavy (non-hydrogen) atoms. The Morgan fingerprint density at radius 3 is 2.48 bits per heavy atom. The first-order chi connectivity index (χ1) is 11.8. The topological polar surface area (TPSA) is 52.0 Å². The third-order valence-electron chi connectivity index (χ3n) is 3.50. The third kappa shape index (κ3) is 3.72. The first kappa shape index (κ1) is 17.6. The van der Waals surface area contributed by atoms with Gasteiger partial charge in [-0.05, 0) is 48.4 Å². The first-order valence-electron chi connectivity index (χ1n) is 7.24. The second-order valence-electron chi connectivity index (χ2n) is 5.57. The molecule has 3 aromatic rings. The maximum absolute atomic E-state index is 13.3. The van der Waals surface area contributed by atoms with Gasteiger partial charge in [-0.25, -0.2) is 22.2 Å². The molecule has 130 valence electrons. The van der Waals surface area contributed by atoms with Crippen LogP contribution in [0.25, 0.3) is 5.82 Å². The third-order valence-corrected chi connectivity index (χ3v) is 5.46. The molecule has 0 aliphatic heterocycles. The van der Waals surface area contributed by atoms with Crippen LogP contribution in [0, 0.1) is 18.6 Å². The lowest BCUT2D eigenvalue weighted by molar-refractivity contribution is 0.577. The SMILES string of the molecule is Cc1cnc(-n2cccc2S(=O)(=O)Cc2cc(F)cc(F)c2)c(Cl)c1. The van der Waals surface area contributed by atoms with Gasteiger partial charge in [-0.1, -0.05) is 11.6 Å². The summed E-state index contributed by atoms with van der Waals surface area (Å²) in [6.45, 7) is 1.81. The minimum absolute atomic E-state index is 0.0215. The van der Waals surface area contributed by atoms with E-state index < -0.39 is 27.2 Å². The van der Waals surface area contributed by atoms with Crippen molar-refractivity contribution in [3.05, 3.63) is 76.6 Å². The number of halogens is 3. The van der Waals surface area contributed by atoms with Crippen LogP contribution < -0.4 is 0 Å². The number of nitrogens with zero attached hydrogens (tertiary/aromatic N) is 2. The van der Waals surface area contributed by atoms with E-state index in [1.54, 1.807) is 12.3 Å². The molecular weight excluding hydrogens is 370 g/mol. The fraction of sp³-hybridized carbons (Fsp3) is 0.118. The van der Waals surface area contributed by atoms with Crippen LogP contribution in [0.1, 0.15) is 11.1 Å². The van der Waals surface area contributed by atoms with E-state index in [0.29, 0.717) is 11.1 Å². The average Bonchev–Trinajstić information content (AvgIpc) is 2.95. The molecule has 0 fully saturated rings. The van der Waals surface area contributed by atoms with Crippen LogP contribution in [-0.4, -0.2) is 18.0 Å². The summed E-state index contributed by atoms with van der Waals surface area (Å²) in [5.41, 5.74) is 0.855. The van der Waals surface area contributed by atoms with Gasteiger partial charge in [0.15, 0.2) is 15.7 Å². The second kappa shape index (κ2) is 6.57. The maximum atomic E-state index is 13.3. The number of sulfone groups is 1. The van der Waals surface area contributed by atoms with Crippen molar-refractivity contribution in [3.63, 3.8) is 0 Å². The Kier molecular flexibility index (Phi) is 4.62. The van der Waals surface area contributed by atoms with Crippen molar-refractivity contribution in [2.24, 2.45) is 0 Å². The molecule has 8 heteroatoms. The molecule has 0 saturated carbocycles. The summed E-state index contributed by atoms with van der Waals surface area (Å²) in [5.74, 6) is -1.94. The van der Waals surface area contributed by atoms with E-state index in [4.69, 9.17) is 11.6 Å². The molecule has 2 aromatic heterocycles. The minimum atomic E-state index is -3.88. The van der Waals surface area contributed by atoms with E-state index in [-0.39, 0.29) is 16.4 Å². The molecule has 0 spiro atoms. The fourth-order valence-electron chi connectivity index (χ4n) is 2.48. The highest BCUT2D eigenvalue weighted by atomic mass is 35.5. The zero-order valence-corrected chi connectivity index (χ0v) is 14.7. The van der Waals surface area contributed by atoms with Gasteiger partial charge in [0.05, 0.1) is 10.8 Å². The summed E-state index contributed by atoms with van der Waals surface area (Å²) in [6.07, 6.45) is 3.09. The molecule has 3 rings (SSSR count). The van der Waals surface area contributed by atoms with E-state index >= 15 is 0 Å². The van der Waals surface area contributed by atoms with Crippen LogP contribution in [0.5, 0.6) is 0 Å². The van der Waals surface area contributed by atoms with Crippen molar-refractivity contribution in [3.8, 4) is 5.82 Å². The van der Waals surface area contributed by atoms with Crippen molar-refractivity contribution in [2.45, 2.75) is 17.7 Å². The lowest BCUT2D eigenvalue weighted by atomic mass is 10.2. The van der Waals surface area contributed by atoms with Crippen LogP contribution in [0.4, 0.5) is 8.78 Å². The number of pyridine rings is 1. The van der Waals surface area contributed by atoms with E-state index in [2.05, 4.69) is 4.98 Å². The van der Waals surface area contributed by atoms with Gasteiger partial charge in [0, 0.05) is 18.5 Å². The Hall–Kier alpha value is -2.25. The molecule has 0 bridgehead atoms. The van der Waals surface area contributed by atoms with Gasteiger partial charge in [-0.15, -0.1) is 0 Å². The van der Waals surface area contributed by atoms with Gasteiger partial charge in [0.25, 0.3) is 0 Å². The molecular formula is C17H13ClF2N2O2S. The zero-order valence-electron chi connectivity index (χ0n) is 13.1. The molecule has 0 unspecified atom stereocenters. The Morgan fingerprint density at radius 2 is 1.84 bits per heavy atom. The van der Waals surface area contributed by atoms with Crippen LogP contribution in [-0.2, 0) is 15.6 Å². The van der Waals surface area contributed by atoms with Crippen LogP contribution in [0.3, 0.4) is 0 Å². The molecule has 0 amide bonds. The number of hydrogen-bond donors (Lipinski definition) is 0. The standard InChI is InChI=1S/C17H13ClF2N2O2S/c1-11-5-15(18)17(21-9-11)22-4-2-3-16(22)25(23,24)10-12-6-13(19)8-14(20)7-12/h2-9H,10H2,1H3. The largest absolute Gasteiger partial charge is 0.291 e. The monoisotopic (exact) mass is 382 g/mol.